The van der Waals surface area contributed by atoms with Gasteiger partial charge in [0.15, 0.2) is 0 Å². The van der Waals surface area contributed by atoms with Gasteiger partial charge < -0.3 is 0 Å². The smallest absolute Gasteiger partial charge is 0.114 e. The van der Waals surface area contributed by atoms with Gasteiger partial charge in [0, 0.05) is 6.20 Å². The Kier molecular flexibility index (Phi) is 3.45. The molecule has 0 aliphatic heterocycles. The van der Waals surface area contributed by atoms with Gasteiger partial charge in [-0.15, -0.1) is 11.3 Å². The van der Waals surface area contributed by atoms with E-state index in [4.69, 9.17) is 5.26 Å². The lowest BCUT2D eigenvalue weighted by Gasteiger charge is -1.99. The first-order chi connectivity index (χ1) is 9.36. The van der Waals surface area contributed by atoms with Gasteiger partial charge in [0.1, 0.15) is 16.1 Å². The fourth-order valence-corrected chi connectivity index (χ4v) is 3.61. The Labute approximate surface area is 118 Å². The van der Waals surface area contributed by atoms with Crippen LogP contribution in [0.4, 0.5) is 0 Å². The lowest BCUT2D eigenvalue weighted by Crippen LogP contribution is -1.86. The summed E-state index contributed by atoms with van der Waals surface area (Å²) in [7, 11) is 0. The summed E-state index contributed by atoms with van der Waals surface area (Å²) >= 11 is 3.24. The SMILES string of the molecule is N#Cc1cccnc1SCc1nc2ccccc2s1. The number of fused-ring (bicyclic) bond motifs is 1. The van der Waals surface area contributed by atoms with E-state index in [1.54, 1.807) is 41.4 Å². The van der Waals surface area contributed by atoms with E-state index >= 15 is 0 Å². The highest BCUT2D eigenvalue weighted by molar-refractivity contribution is 7.98. The number of pyridine rings is 1. The van der Waals surface area contributed by atoms with E-state index in [0.29, 0.717) is 5.56 Å². The van der Waals surface area contributed by atoms with E-state index in [9.17, 15) is 0 Å². The average Bonchev–Trinajstić information content (AvgIpc) is 2.88. The molecule has 3 aromatic rings. The molecule has 0 aliphatic carbocycles. The van der Waals surface area contributed by atoms with Crippen LogP contribution in [0.2, 0.25) is 0 Å². The predicted molar refractivity (Wildman–Crippen MR) is 78.1 cm³/mol. The second kappa shape index (κ2) is 5.39. The van der Waals surface area contributed by atoms with Crippen molar-refractivity contribution in [3.8, 4) is 6.07 Å². The molecule has 0 radical (unpaired) electrons. The van der Waals surface area contributed by atoms with E-state index in [-0.39, 0.29) is 0 Å². The van der Waals surface area contributed by atoms with Gasteiger partial charge in [-0.2, -0.15) is 5.26 Å². The highest BCUT2D eigenvalue weighted by atomic mass is 32.2. The zero-order chi connectivity index (χ0) is 13.1. The van der Waals surface area contributed by atoms with Crippen LogP contribution in [-0.4, -0.2) is 9.97 Å². The van der Waals surface area contributed by atoms with Gasteiger partial charge in [-0.1, -0.05) is 23.9 Å². The number of benzene rings is 1. The summed E-state index contributed by atoms with van der Waals surface area (Å²) in [5.41, 5.74) is 1.65. The number of nitriles is 1. The van der Waals surface area contributed by atoms with Crippen molar-refractivity contribution in [2.24, 2.45) is 0 Å². The van der Waals surface area contributed by atoms with Crippen LogP contribution >= 0.6 is 23.1 Å². The van der Waals surface area contributed by atoms with Gasteiger partial charge in [0.25, 0.3) is 0 Å². The van der Waals surface area contributed by atoms with Gasteiger partial charge in [-0.25, -0.2) is 9.97 Å². The van der Waals surface area contributed by atoms with Crippen molar-refractivity contribution in [2.45, 2.75) is 10.8 Å². The fraction of sp³-hybridized carbons (Fsp3) is 0.0714. The largest absolute Gasteiger partial charge is 0.249 e. The fourth-order valence-electron chi connectivity index (χ4n) is 1.70. The van der Waals surface area contributed by atoms with Gasteiger partial charge in [0.2, 0.25) is 0 Å². The van der Waals surface area contributed by atoms with Crippen molar-refractivity contribution in [1.29, 1.82) is 5.26 Å². The Bertz CT molecular complexity index is 725. The lowest BCUT2D eigenvalue weighted by atomic mass is 10.3. The Morgan fingerprint density at radius 1 is 1.21 bits per heavy atom. The molecule has 3 nitrogen and oxygen atoms in total. The molecule has 0 unspecified atom stereocenters. The molecule has 2 aromatic heterocycles. The van der Waals surface area contributed by atoms with Gasteiger partial charge in [-0.3, -0.25) is 0 Å². The van der Waals surface area contributed by atoms with Crippen LogP contribution in [-0.2, 0) is 5.75 Å². The average molecular weight is 283 g/mol. The Hall–Kier alpha value is -1.90. The van der Waals surface area contributed by atoms with Crippen LogP contribution in [0.3, 0.4) is 0 Å². The molecule has 5 heteroatoms. The highest BCUT2D eigenvalue weighted by Crippen LogP contribution is 2.28. The number of para-hydroxylation sites is 1. The van der Waals surface area contributed by atoms with E-state index < -0.39 is 0 Å². The standard InChI is InChI=1S/C14H9N3S2/c15-8-10-4-3-7-16-14(10)18-9-13-17-11-5-1-2-6-12(11)19-13/h1-7H,9H2. The summed E-state index contributed by atoms with van der Waals surface area (Å²) in [5, 5.41) is 10.8. The third kappa shape index (κ3) is 2.60. The summed E-state index contributed by atoms with van der Waals surface area (Å²) in [5.74, 6) is 0.741. The number of rotatable bonds is 3. The van der Waals surface area contributed by atoms with Gasteiger partial charge in [0.05, 0.1) is 21.5 Å². The quantitative estimate of drug-likeness (QED) is 0.685. The molecule has 2 heterocycles. The van der Waals surface area contributed by atoms with Crippen LogP contribution in [0.1, 0.15) is 10.6 Å². The molecular weight excluding hydrogens is 274 g/mol. The number of thioether (sulfide) groups is 1. The first-order valence-electron chi connectivity index (χ1n) is 5.69. The normalized spacial score (nSPS) is 10.5. The summed E-state index contributed by atoms with van der Waals surface area (Å²) in [6.07, 6.45) is 1.71. The minimum atomic E-state index is 0.619. The molecule has 0 fully saturated rings. The molecule has 0 bridgehead atoms. The van der Waals surface area contributed by atoms with Crippen molar-refractivity contribution >= 4 is 33.3 Å². The molecule has 0 N–H and O–H groups in total. The Balaban J connectivity index is 1.81. The second-order valence-corrected chi connectivity index (χ2v) is 5.91. The summed E-state index contributed by atoms with van der Waals surface area (Å²) in [4.78, 5) is 8.81. The van der Waals surface area contributed by atoms with Crippen molar-refractivity contribution in [3.63, 3.8) is 0 Å². The first kappa shape index (κ1) is 12.2. The molecular formula is C14H9N3S2. The van der Waals surface area contributed by atoms with E-state index in [0.717, 1.165) is 21.3 Å². The molecule has 0 spiro atoms. The summed E-state index contributed by atoms with van der Waals surface area (Å²) in [6.45, 7) is 0. The predicted octanol–water partition coefficient (Wildman–Crippen LogP) is 3.86. The zero-order valence-electron chi connectivity index (χ0n) is 9.91. The molecule has 0 saturated carbocycles. The second-order valence-electron chi connectivity index (χ2n) is 3.83. The summed E-state index contributed by atoms with van der Waals surface area (Å²) < 4.78 is 1.19. The summed E-state index contributed by atoms with van der Waals surface area (Å²) in [6, 6.07) is 13.8. The number of aromatic nitrogens is 2. The van der Waals surface area contributed by atoms with Crippen molar-refractivity contribution < 1.29 is 0 Å². The number of hydrogen-bond donors (Lipinski definition) is 0. The topological polar surface area (TPSA) is 49.6 Å². The minimum absolute atomic E-state index is 0.619. The van der Waals surface area contributed by atoms with E-state index in [1.165, 1.54) is 4.70 Å². The number of hydrogen-bond acceptors (Lipinski definition) is 5. The van der Waals surface area contributed by atoms with Crippen LogP contribution < -0.4 is 0 Å². The van der Waals surface area contributed by atoms with Crippen LogP contribution in [0.15, 0.2) is 47.6 Å². The maximum absolute atomic E-state index is 9.01. The maximum Gasteiger partial charge on any atom is 0.114 e. The molecule has 1 aromatic carbocycles. The third-order valence-corrected chi connectivity index (χ3v) is 4.80. The zero-order valence-corrected chi connectivity index (χ0v) is 11.5. The van der Waals surface area contributed by atoms with Crippen LogP contribution in [0.25, 0.3) is 10.2 Å². The van der Waals surface area contributed by atoms with Gasteiger partial charge >= 0.3 is 0 Å². The van der Waals surface area contributed by atoms with Crippen molar-refractivity contribution in [3.05, 3.63) is 53.2 Å². The monoisotopic (exact) mass is 283 g/mol. The highest BCUT2D eigenvalue weighted by Gasteiger charge is 2.07. The number of thiazole rings is 1. The van der Waals surface area contributed by atoms with Crippen LogP contribution in [0.5, 0.6) is 0 Å². The van der Waals surface area contributed by atoms with Gasteiger partial charge in [-0.05, 0) is 24.3 Å². The van der Waals surface area contributed by atoms with E-state index in [2.05, 4.69) is 22.1 Å². The van der Waals surface area contributed by atoms with Crippen molar-refractivity contribution in [2.75, 3.05) is 0 Å². The molecule has 0 amide bonds. The van der Waals surface area contributed by atoms with Crippen molar-refractivity contribution in [1.82, 2.24) is 9.97 Å². The Morgan fingerprint density at radius 3 is 2.95 bits per heavy atom. The minimum Gasteiger partial charge on any atom is -0.249 e. The molecule has 92 valence electrons. The maximum atomic E-state index is 9.01. The first-order valence-corrected chi connectivity index (χ1v) is 7.49. The Morgan fingerprint density at radius 2 is 2.11 bits per heavy atom. The third-order valence-electron chi connectivity index (χ3n) is 2.56. The van der Waals surface area contributed by atoms with Crippen LogP contribution in [0, 0.1) is 11.3 Å². The molecule has 0 saturated heterocycles. The molecule has 3 rings (SSSR count). The molecule has 0 aliphatic rings. The molecule has 19 heavy (non-hydrogen) atoms. The van der Waals surface area contributed by atoms with E-state index in [1.807, 2.05) is 18.2 Å². The lowest BCUT2D eigenvalue weighted by molar-refractivity contribution is 1.11. The number of nitrogens with zero attached hydrogens (tertiary/aromatic N) is 3. The molecule has 0 atom stereocenters.